The van der Waals surface area contributed by atoms with Gasteiger partial charge in [0, 0.05) is 5.92 Å². The third-order valence-electron chi connectivity index (χ3n) is 4.08. The molecule has 3 rings (SSSR count). The quantitative estimate of drug-likeness (QED) is 0.794. The molecule has 2 heteroatoms. The molecule has 0 N–H and O–H groups in total. The molecule has 1 aliphatic heterocycles. The van der Waals surface area contributed by atoms with E-state index in [0.29, 0.717) is 12.0 Å². The van der Waals surface area contributed by atoms with Crippen LogP contribution in [0.5, 0.6) is 0 Å². The third-order valence-corrected chi connectivity index (χ3v) is 4.08. The van der Waals surface area contributed by atoms with Gasteiger partial charge in [0.25, 0.3) is 0 Å². The second kappa shape index (κ2) is 5.19. The Labute approximate surface area is 103 Å². The first-order valence-electron chi connectivity index (χ1n) is 6.67. The molecule has 17 heavy (non-hydrogen) atoms. The summed E-state index contributed by atoms with van der Waals surface area (Å²) in [5.41, 5.74) is 1.26. The number of hydrogen-bond acceptors (Lipinski definition) is 2. The van der Waals surface area contributed by atoms with Crippen LogP contribution in [0.1, 0.15) is 24.8 Å². The summed E-state index contributed by atoms with van der Waals surface area (Å²) in [5.74, 6) is 1.40. The SMILES string of the molecule is c1ccc(COCC2CO[C@@H]3CCC[C@H]23)cc1. The van der Waals surface area contributed by atoms with Crippen molar-refractivity contribution < 1.29 is 9.47 Å². The van der Waals surface area contributed by atoms with Gasteiger partial charge >= 0.3 is 0 Å². The summed E-state index contributed by atoms with van der Waals surface area (Å²) in [7, 11) is 0. The molecule has 2 fully saturated rings. The lowest BCUT2D eigenvalue weighted by atomic mass is 9.93. The molecule has 92 valence electrons. The number of ether oxygens (including phenoxy) is 2. The summed E-state index contributed by atoms with van der Waals surface area (Å²) in [6.45, 7) is 2.49. The zero-order chi connectivity index (χ0) is 11.5. The number of benzene rings is 1. The van der Waals surface area contributed by atoms with Crippen molar-refractivity contribution in [3.8, 4) is 0 Å². The minimum atomic E-state index is 0.542. The summed E-state index contributed by atoms with van der Waals surface area (Å²) >= 11 is 0. The molecule has 0 amide bonds. The standard InChI is InChI=1S/C15H20O2/c1-2-5-12(6-3-1)9-16-10-13-11-17-15-8-4-7-14(13)15/h1-3,5-6,13-15H,4,7-11H2/t13?,14-,15-/m1/s1. The summed E-state index contributed by atoms with van der Waals surface area (Å²) in [6, 6.07) is 10.4. The van der Waals surface area contributed by atoms with Gasteiger partial charge in [0.15, 0.2) is 0 Å². The molecule has 1 aliphatic carbocycles. The van der Waals surface area contributed by atoms with Crippen LogP contribution in [-0.4, -0.2) is 19.3 Å². The van der Waals surface area contributed by atoms with Crippen molar-refractivity contribution in [1.29, 1.82) is 0 Å². The van der Waals surface area contributed by atoms with Crippen LogP contribution in [-0.2, 0) is 16.1 Å². The van der Waals surface area contributed by atoms with Gasteiger partial charge in [-0.25, -0.2) is 0 Å². The lowest BCUT2D eigenvalue weighted by molar-refractivity contribution is 0.0665. The van der Waals surface area contributed by atoms with E-state index >= 15 is 0 Å². The second-order valence-electron chi connectivity index (χ2n) is 5.23. The Morgan fingerprint density at radius 2 is 2.06 bits per heavy atom. The van der Waals surface area contributed by atoms with Crippen molar-refractivity contribution >= 4 is 0 Å². The van der Waals surface area contributed by atoms with E-state index in [9.17, 15) is 0 Å². The van der Waals surface area contributed by atoms with Crippen LogP contribution >= 0.6 is 0 Å². The topological polar surface area (TPSA) is 18.5 Å². The number of fused-ring (bicyclic) bond motifs is 1. The van der Waals surface area contributed by atoms with Crippen LogP contribution in [0.25, 0.3) is 0 Å². The molecule has 3 atom stereocenters. The number of rotatable bonds is 4. The van der Waals surface area contributed by atoms with E-state index in [1.807, 2.05) is 6.07 Å². The molecular weight excluding hydrogens is 212 g/mol. The minimum absolute atomic E-state index is 0.542. The molecule has 0 aromatic heterocycles. The van der Waals surface area contributed by atoms with Crippen LogP contribution < -0.4 is 0 Å². The Bertz CT molecular complexity index is 349. The van der Waals surface area contributed by atoms with E-state index in [1.54, 1.807) is 0 Å². The molecular formula is C15H20O2. The molecule has 1 aromatic rings. The lowest BCUT2D eigenvalue weighted by Crippen LogP contribution is -2.19. The minimum Gasteiger partial charge on any atom is -0.378 e. The van der Waals surface area contributed by atoms with Gasteiger partial charge in [0.05, 0.1) is 25.9 Å². The Morgan fingerprint density at radius 1 is 1.18 bits per heavy atom. The van der Waals surface area contributed by atoms with Crippen molar-refractivity contribution in [1.82, 2.24) is 0 Å². The first-order chi connectivity index (χ1) is 8.43. The second-order valence-corrected chi connectivity index (χ2v) is 5.23. The molecule has 1 saturated heterocycles. The highest BCUT2D eigenvalue weighted by molar-refractivity contribution is 5.13. The fraction of sp³-hybridized carbons (Fsp3) is 0.600. The Morgan fingerprint density at radius 3 is 2.94 bits per heavy atom. The van der Waals surface area contributed by atoms with Crippen molar-refractivity contribution in [2.75, 3.05) is 13.2 Å². The molecule has 1 saturated carbocycles. The normalized spacial score (nSPS) is 31.6. The van der Waals surface area contributed by atoms with Crippen LogP contribution in [0.15, 0.2) is 30.3 Å². The van der Waals surface area contributed by atoms with Gasteiger partial charge < -0.3 is 9.47 Å². The summed E-state index contributed by atoms with van der Waals surface area (Å²) in [5, 5.41) is 0. The summed E-state index contributed by atoms with van der Waals surface area (Å²) < 4.78 is 11.6. The zero-order valence-electron chi connectivity index (χ0n) is 10.2. The predicted molar refractivity (Wildman–Crippen MR) is 66.7 cm³/mol. The van der Waals surface area contributed by atoms with Crippen molar-refractivity contribution in [3.05, 3.63) is 35.9 Å². The summed E-state index contributed by atoms with van der Waals surface area (Å²) in [6.07, 6.45) is 4.48. The monoisotopic (exact) mass is 232 g/mol. The van der Waals surface area contributed by atoms with Crippen molar-refractivity contribution in [3.63, 3.8) is 0 Å². The van der Waals surface area contributed by atoms with Gasteiger partial charge in [0.1, 0.15) is 0 Å². The molecule has 2 aliphatic rings. The maximum Gasteiger partial charge on any atom is 0.0717 e. The highest BCUT2D eigenvalue weighted by Crippen LogP contribution is 2.39. The largest absolute Gasteiger partial charge is 0.378 e. The van der Waals surface area contributed by atoms with E-state index in [0.717, 1.165) is 25.7 Å². The molecule has 1 aromatic carbocycles. The van der Waals surface area contributed by atoms with E-state index < -0.39 is 0 Å². The highest BCUT2D eigenvalue weighted by Gasteiger charge is 2.40. The molecule has 0 radical (unpaired) electrons. The molecule has 0 spiro atoms. The molecule has 1 unspecified atom stereocenters. The van der Waals surface area contributed by atoms with Crippen LogP contribution in [0.3, 0.4) is 0 Å². The maximum absolute atomic E-state index is 5.83. The highest BCUT2D eigenvalue weighted by atomic mass is 16.5. The Balaban J connectivity index is 1.46. The third kappa shape index (κ3) is 2.53. The maximum atomic E-state index is 5.83. The first-order valence-corrected chi connectivity index (χ1v) is 6.67. The molecule has 1 heterocycles. The van der Waals surface area contributed by atoms with Gasteiger partial charge in [-0.3, -0.25) is 0 Å². The fourth-order valence-electron chi connectivity index (χ4n) is 3.15. The van der Waals surface area contributed by atoms with Gasteiger partial charge in [-0.15, -0.1) is 0 Å². The first kappa shape index (κ1) is 11.2. The average molecular weight is 232 g/mol. The Kier molecular flexibility index (Phi) is 3.44. The van der Waals surface area contributed by atoms with E-state index in [1.165, 1.54) is 24.8 Å². The van der Waals surface area contributed by atoms with Gasteiger partial charge in [0.2, 0.25) is 0 Å². The van der Waals surface area contributed by atoms with Crippen molar-refractivity contribution in [2.45, 2.75) is 32.0 Å². The number of hydrogen-bond donors (Lipinski definition) is 0. The van der Waals surface area contributed by atoms with Crippen LogP contribution in [0, 0.1) is 11.8 Å². The van der Waals surface area contributed by atoms with Crippen LogP contribution in [0.4, 0.5) is 0 Å². The summed E-state index contributed by atoms with van der Waals surface area (Å²) in [4.78, 5) is 0. The Hall–Kier alpha value is -0.860. The lowest BCUT2D eigenvalue weighted by Gasteiger charge is -2.16. The van der Waals surface area contributed by atoms with E-state index in [2.05, 4.69) is 24.3 Å². The average Bonchev–Trinajstić information content (AvgIpc) is 2.95. The van der Waals surface area contributed by atoms with E-state index in [-0.39, 0.29) is 0 Å². The van der Waals surface area contributed by atoms with Gasteiger partial charge in [-0.1, -0.05) is 36.8 Å². The van der Waals surface area contributed by atoms with Crippen molar-refractivity contribution in [2.24, 2.45) is 11.8 Å². The molecule has 0 bridgehead atoms. The van der Waals surface area contributed by atoms with Gasteiger partial charge in [-0.2, -0.15) is 0 Å². The van der Waals surface area contributed by atoms with Gasteiger partial charge in [-0.05, 0) is 24.3 Å². The zero-order valence-corrected chi connectivity index (χ0v) is 10.2. The van der Waals surface area contributed by atoms with E-state index in [4.69, 9.17) is 9.47 Å². The van der Waals surface area contributed by atoms with Crippen LogP contribution in [0.2, 0.25) is 0 Å². The molecule has 2 nitrogen and oxygen atoms in total. The fourth-order valence-corrected chi connectivity index (χ4v) is 3.15. The smallest absolute Gasteiger partial charge is 0.0717 e. The predicted octanol–water partition coefficient (Wildman–Crippen LogP) is 3.02.